The van der Waals surface area contributed by atoms with Crippen molar-refractivity contribution >= 4 is 24.1 Å². The number of hydrogen-bond acceptors (Lipinski definition) is 9. The second kappa shape index (κ2) is 13.4. The summed E-state index contributed by atoms with van der Waals surface area (Å²) in [7, 11) is 2.82. The van der Waals surface area contributed by atoms with E-state index in [-0.39, 0.29) is 31.5 Å². The van der Waals surface area contributed by atoms with E-state index >= 15 is 0 Å². The Morgan fingerprint density at radius 1 is 1.07 bits per heavy atom. The maximum atomic E-state index is 13.9. The Balaban J connectivity index is 1.63. The van der Waals surface area contributed by atoms with Crippen LogP contribution >= 0.6 is 0 Å². The summed E-state index contributed by atoms with van der Waals surface area (Å²) in [4.78, 5) is 55.9. The molecule has 0 radical (unpaired) electrons. The van der Waals surface area contributed by atoms with Gasteiger partial charge in [0.2, 0.25) is 5.91 Å². The molecule has 1 N–H and O–H groups in total. The molecule has 1 aromatic rings. The SMILES string of the molecule is COC(=O)C1C[C@@H]2CN1C(=O)[C@H](C(C)(C)C)NC(=O)OCC(C)(C)CC/C=C/COc1cc(OC)cc3c1CN(C3)C(=O)O2. The van der Waals surface area contributed by atoms with Gasteiger partial charge in [0.1, 0.15) is 36.3 Å². The van der Waals surface area contributed by atoms with Crippen molar-refractivity contribution in [3.63, 3.8) is 0 Å². The number of benzene rings is 1. The fourth-order valence-electron chi connectivity index (χ4n) is 5.63. The fraction of sp³-hybridized carbons (Fsp3) is 0.625. The minimum Gasteiger partial charge on any atom is -0.497 e. The number of methoxy groups -OCH3 is 2. The lowest BCUT2D eigenvalue weighted by Gasteiger charge is -2.35. The van der Waals surface area contributed by atoms with Gasteiger partial charge in [-0.25, -0.2) is 14.4 Å². The van der Waals surface area contributed by atoms with Crippen molar-refractivity contribution in [2.75, 3.05) is 34.0 Å². The van der Waals surface area contributed by atoms with Crippen molar-refractivity contribution < 1.29 is 42.9 Å². The maximum absolute atomic E-state index is 13.9. The summed E-state index contributed by atoms with van der Waals surface area (Å²) < 4.78 is 28.0. The molecule has 4 bridgehead atoms. The standard InChI is InChI=1S/C32H45N3O9/c1-31(2,3)26-27(36)35-17-22(14-24(35)28(37)41-7)44-30(39)34-16-20-13-21(40-6)15-25(23(20)18-34)42-12-10-8-9-11-32(4,5)19-43-29(38)33-26/h8,10,13,15,22,24,26H,9,11-12,14,16-19H2,1-7H3,(H,33,38)/b10-8+/t22-,24?,26-/m1/s1. The Morgan fingerprint density at radius 2 is 1.82 bits per heavy atom. The van der Waals surface area contributed by atoms with Crippen LogP contribution in [0.3, 0.4) is 0 Å². The van der Waals surface area contributed by atoms with Gasteiger partial charge in [0.15, 0.2) is 0 Å². The molecule has 0 aliphatic carbocycles. The third-order valence-corrected chi connectivity index (χ3v) is 8.22. The van der Waals surface area contributed by atoms with Crippen LogP contribution in [-0.4, -0.2) is 86.0 Å². The molecule has 0 spiro atoms. The predicted molar refractivity (Wildman–Crippen MR) is 160 cm³/mol. The van der Waals surface area contributed by atoms with Gasteiger partial charge in [0.25, 0.3) is 0 Å². The van der Waals surface area contributed by atoms with Gasteiger partial charge in [-0.15, -0.1) is 0 Å². The third-order valence-electron chi connectivity index (χ3n) is 8.22. The lowest BCUT2D eigenvalue weighted by molar-refractivity contribution is -0.152. The average molecular weight is 616 g/mol. The first-order valence-corrected chi connectivity index (χ1v) is 15.0. The van der Waals surface area contributed by atoms with Gasteiger partial charge >= 0.3 is 18.2 Å². The molecular formula is C32H45N3O9. The van der Waals surface area contributed by atoms with E-state index in [1.165, 1.54) is 12.0 Å². The number of nitrogens with zero attached hydrogens (tertiary/aromatic N) is 2. The largest absolute Gasteiger partial charge is 0.497 e. The highest BCUT2D eigenvalue weighted by Crippen LogP contribution is 2.36. The molecule has 1 unspecified atom stereocenters. The van der Waals surface area contributed by atoms with Crippen molar-refractivity contribution in [1.29, 1.82) is 0 Å². The fourth-order valence-corrected chi connectivity index (χ4v) is 5.63. The average Bonchev–Trinajstić information content (AvgIpc) is 3.59. The molecule has 1 aromatic carbocycles. The minimum absolute atomic E-state index is 0.0318. The van der Waals surface area contributed by atoms with Crippen LogP contribution in [0.1, 0.15) is 65.0 Å². The Bertz CT molecular complexity index is 1290. The molecule has 4 rings (SSSR count). The van der Waals surface area contributed by atoms with Gasteiger partial charge in [-0.3, -0.25) is 9.69 Å². The maximum Gasteiger partial charge on any atom is 0.410 e. The van der Waals surface area contributed by atoms with E-state index < -0.39 is 47.7 Å². The number of esters is 1. The summed E-state index contributed by atoms with van der Waals surface area (Å²) in [5, 5.41) is 2.73. The first kappa shape index (κ1) is 32.9. The highest BCUT2D eigenvalue weighted by Gasteiger charge is 2.47. The quantitative estimate of drug-likeness (QED) is 0.295. The van der Waals surface area contributed by atoms with Crippen LogP contribution in [0.15, 0.2) is 24.3 Å². The first-order chi connectivity index (χ1) is 20.7. The number of alkyl carbamates (subject to hydrolysis) is 1. The second-order valence-electron chi connectivity index (χ2n) is 13.4. The predicted octanol–water partition coefficient (Wildman–Crippen LogP) is 4.19. The number of allylic oxidation sites excluding steroid dienone is 1. The van der Waals surface area contributed by atoms with E-state index in [2.05, 4.69) is 5.32 Å². The van der Waals surface area contributed by atoms with Gasteiger partial charge in [-0.05, 0) is 35.3 Å². The summed E-state index contributed by atoms with van der Waals surface area (Å²) in [6.45, 7) is 10.5. The van der Waals surface area contributed by atoms with Crippen LogP contribution in [0.2, 0.25) is 0 Å². The van der Waals surface area contributed by atoms with E-state index in [4.69, 9.17) is 23.7 Å². The minimum atomic E-state index is -1.01. The number of nitrogens with one attached hydrogen (secondary N) is 1. The Hall–Kier alpha value is -3.96. The first-order valence-electron chi connectivity index (χ1n) is 15.0. The molecule has 0 saturated carbocycles. The van der Waals surface area contributed by atoms with Crippen LogP contribution in [-0.2, 0) is 36.9 Å². The Labute approximate surface area is 258 Å². The number of carbonyl (C=O) groups is 4. The number of fused-ring (bicyclic) bond motifs is 3. The normalized spacial score (nSPS) is 25.4. The van der Waals surface area contributed by atoms with Gasteiger partial charge in [-0.1, -0.05) is 46.8 Å². The molecular weight excluding hydrogens is 570 g/mol. The number of cyclic esters (lactones) is 1. The zero-order chi connectivity index (χ0) is 32.2. The molecule has 44 heavy (non-hydrogen) atoms. The van der Waals surface area contributed by atoms with Crippen molar-refractivity contribution in [2.45, 2.75) is 85.2 Å². The van der Waals surface area contributed by atoms with Crippen LogP contribution in [0.25, 0.3) is 0 Å². The molecule has 12 heteroatoms. The van der Waals surface area contributed by atoms with E-state index in [1.807, 2.05) is 52.8 Å². The van der Waals surface area contributed by atoms with Crippen molar-refractivity contribution in [1.82, 2.24) is 15.1 Å². The van der Waals surface area contributed by atoms with E-state index in [0.717, 1.165) is 24.0 Å². The Kier molecular flexibility index (Phi) is 10.00. The molecule has 12 nitrogen and oxygen atoms in total. The molecule has 242 valence electrons. The van der Waals surface area contributed by atoms with Gasteiger partial charge < -0.3 is 33.9 Å². The summed E-state index contributed by atoms with van der Waals surface area (Å²) in [5.41, 5.74) is 0.720. The highest BCUT2D eigenvalue weighted by molar-refractivity contribution is 5.91. The summed E-state index contributed by atoms with van der Waals surface area (Å²) in [6.07, 6.45) is 3.45. The number of carbonyl (C=O) groups excluding carboxylic acids is 4. The Morgan fingerprint density at radius 3 is 2.50 bits per heavy atom. The zero-order valence-electron chi connectivity index (χ0n) is 26.8. The summed E-state index contributed by atoms with van der Waals surface area (Å²) in [6, 6.07) is 1.68. The number of rotatable bonds is 2. The smallest absolute Gasteiger partial charge is 0.410 e. The second-order valence-corrected chi connectivity index (χ2v) is 13.4. The van der Waals surface area contributed by atoms with Crippen molar-refractivity contribution in [2.24, 2.45) is 10.8 Å². The topological polar surface area (TPSA) is 133 Å². The summed E-state index contributed by atoms with van der Waals surface area (Å²) >= 11 is 0. The number of hydrogen-bond donors (Lipinski definition) is 1. The molecule has 3 amide bonds. The van der Waals surface area contributed by atoms with Gasteiger partial charge in [0.05, 0.1) is 33.9 Å². The van der Waals surface area contributed by atoms with Crippen LogP contribution < -0.4 is 14.8 Å². The molecule has 3 heterocycles. The molecule has 3 aliphatic rings. The van der Waals surface area contributed by atoms with Crippen LogP contribution in [0.4, 0.5) is 9.59 Å². The third kappa shape index (κ3) is 7.75. The van der Waals surface area contributed by atoms with E-state index in [1.54, 1.807) is 18.1 Å². The molecule has 0 aromatic heterocycles. The zero-order valence-corrected chi connectivity index (χ0v) is 26.8. The lowest BCUT2D eigenvalue weighted by Crippen LogP contribution is -2.57. The molecule has 1 saturated heterocycles. The van der Waals surface area contributed by atoms with Crippen molar-refractivity contribution in [3.05, 3.63) is 35.4 Å². The van der Waals surface area contributed by atoms with Crippen LogP contribution in [0, 0.1) is 10.8 Å². The monoisotopic (exact) mass is 615 g/mol. The van der Waals surface area contributed by atoms with Crippen LogP contribution in [0.5, 0.6) is 11.5 Å². The van der Waals surface area contributed by atoms with Gasteiger partial charge in [0, 0.05) is 24.6 Å². The molecule has 3 atom stereocenters. The molecule has 3 aliphatic heterocycles. The number of ether oxygens (including phenoxy) is 5. The molecule has 1 fully saturated rings. The lowest BCUT2D eigenvalue weighted by atomic mass is 9.85. The van der Waals surface area contributed by atoms with Gasteiger partial charge in [-0.2, -0.15) is 0 Å². The number of amides is 3. The van der Waals surface area contributed by atoms with E-state index in [9.17, 15) is 19.2 Å². The highest BCUT2D eigenvalue weighted by atomic mass is 16.6. The van der Waals surface area contributed by atoms with Crippen molar-refractivity contribution in [3.8, 4) is 11.5 Å². The van der Waals surface area contributed by atoms with E-state index in [0.29, 0.717) is 24.7 Å². The summed E-state index contributed by atoms with van der Waals surface area (Å²) in [5.74, 6) is 0.123.